The Labute approximate surface area is 120 Å². The molecular formula is C13H14Cl2N2O2. The lowest BCUT2D eigenvalue weighted by Crippen LogP contribution is -2.30. The van der Waals surface area contributed by atoms with Gasteiger partial charge in [-0.25, -0.2) is 4.79 Å². The van der Waals surface area contributed by atoms with E-state index in [0.717, 1.165) is 5.56 Å². The Morgan fingerprint density at radius 1 is 1.11 bits per heavy atom. The van der Waals surface area contributed by atoms with E-state index in [2.05, 4.69) is 4.98 Å². The van der Waals surface area contributed by atoms with Gasteiger partial charge in [0.05, 0.1) is 6.54 Å². The number of nitrogens with one attached hydrogen (secondary N) is 1. The fourth-order valence-corrected chi connectivity index (χ4v) is 1.77. The van der Waals surface area contributed by atoms with Crippen molar-refractivity contribution < 1.29 is 0 Å². The Morgan fingerprint density at radius 3 is 2.21 bits per heavy atom. The standard InChI is InChI=1S/C11H8Cl2N2O2.C2H6/c12-8-3-1-7(2-4-8)6-15-9(13)5-10(16)14-11(15)17;1-2/h1-5H,6H2,(H,14,16,17);1-2H3. The molecule has 0 bridgehead atoms. The van der Waals surface area contributed by atoms with Crippen molar-refractivity contribution in [3.8, 4) is 0 Å². The summed E-state index contributed by atoms with van der Waals surface area (Å²) in [4.78, 5) is 24.7. The van der Waals surface area contributed by atoms with Crippen molar-refractivity contribution in [2.45, 2.75) is 20.4 Å². The van der Waals surface area contributed by atoms with Gasteiger partial charge in [0.2, 0.25) is 0 Å². The van der Waals surface area contributed by atoms with Crippen LogP contribution in [0.2, 0.25) is 10.2 Å². The fourth-order valence-electron chi connectivity index (χ4n) is 1.41. The summed E-state index contributed by atoms with van der Waals surface area (Å²) in [5.74, 6) is 0. The van der Waals surface area contributed by atoms with Crippen LogP contribution < -0.4 is 11.2 Å². The average molecular weight is 301 g/mol. The quantitative estimate of drug-likeness (QED) is 0.867. The molecule has 102 valence electrons. The second kappa shape index (κ2) is 7.16. The highest BCUT2D eigenvalue weighted by molar-refractivity contribution is 6.30. The number of halogens is 2. The first-order valence-electron chi connectivity index (χ1n) is 5.80. The van der Waals surface area contributed by atoms with E-state index in [-0.39, 0.29) is 11.7 Å². The minimum Gasteiger partial charge on any atom is -0.279 e. The zero-order valence-electron chi connectivity index (χ0n) is 10.6. The largest absolute Gasteiger partial charge is 0.329 e. The first kappa shape index (κ1) is 15.5. The molecule has 0 aliphatic carbocycles. The predicted octanol–water partition coefficient (Wildman–Crippen LogP) is 2.92. The molecule has 0 atom stereocenters. The van der Waals surface area contributed by atoms with Gasteiger partial charge < -0.3 is 0 Å². The van der Waals surface area contributed by atoms with Crippen molar-refractivity contribution in [3.63, 3.8) is 0 Å². The van der Waals surface area contributed by atoms with Crippen molar-refractivity contribution in [1.82, 2.24) is 9.55 Å². The molecule has 6 heteroatoms. The summed E-state index contributed by atoms with van der Waals surface area (Å²) in [7, 11) is 0. The second-order valence-electron chi connectivity index (χ2n) is 3.47. The van der Waals surface area contributed by atoms with E-state index in [0.29, 0.717) is 5.02 Å². The fraction of sp³-hybridized carbons (Fsp3) is 0.231. The summed E-state index contributed by atoms with van der Waals surface area (Å²) in [5.41, 5.74) is -0.171. The van der Waals surface area contributed by atoms with E-state index in [1.54, 1.807) is 24.3 Å². The summed E-state index contributed by atoms with van der Waals surface area (Å²) in [6.45, 7) is 4.28. The van der Waals surface area contributed by atoms with Gasteiger partial charge in [0.15, 0.2) is 0 Å². The summed E-state index contributed by atoms with van der Waals surface area (Å²) in [6.07, 6.45) is 0. The Bertz CT molecular complexity index is 645. The molecule has 0 spiro atoms. The van der Waals surface area contributed by atoms with E-state index < -0.39 is 11.2 Å². The van der Waals surface area contributed by atoms with Crippen LogP contribution in [-0.4, -0.2) is 9.55 Å². The molecule has 1 N–H and O–H groups in total. The lowest BCUT2D eigenvalue weighted by Gasteiger charge is -2.07. The maximum atomic E-state index is 11.5. The third kappa shape index (κ3) is 4.26. The van der Waals surface area contributed by atoms with Gasteiger partial charge in [-0.05, 0) is 17.7 Å². The maximum absolute atomic E-state index is 11.5. The van der Waals surface area contributed by atoms with Crippen LogP contribution in [0.5, 0.6) is 0 Å². The Hall–Kier alpha value is -1.52. The molecule has 0 radical (unpaired) electrons. The summed E-state index contributed by atoms with van der Waals surface area (Å²) in [6, 6.07) is 8.19. The SMILES string of the molecule is CC.O=c1cc(Cl)n(Cc2ccc(Cl)cc2)c(=O)[nH]1. The first-order chi connectivity index (χ1) is 9.06. The van der Waals surface area contributed by atoms with Gasteiger partial charge in [0.25, 0.3) is 5.56 Å². The number of aromatic nitrogens is 2. The van der Waals surface area contributed by atoms with Gasteiger partial charge in [0, 0.05) is 11.1 Å². The minimum absolute atomic E-state index is 0.105. The van der Waals surface area contributed by atoms with E-state index in [9.17, 15) is 9.59 Å². The van der Waals surface area contributed by atoms with Crippen LogP contribution in [-0.2, 0) is 6.54 Å². The number of hydrogen-bond donors (Lipinski definition) is 1. The molecule has 2 rings (SSSR count). The van der Waals surface area contributed by atoms with Crippen LogP contribution in [0.25, 0.3) is 0 Å². The molecule has 1 heterocycles. The van der Waals surface area contributed by atoms with Crippen LogP contribution in [0.1, 0.15) is 19.4 Å². The van der Waals surface area contributed by atoms with Crippen LogP contribution >= 0.6 is 23.2 Å². The lowest BCUT2D eigenvalue weighted by atomic mass is 10.2. The van der Waals surface area contributed by atoms with Gasteiger partial charge in [-0.3, -0.25) is 14.3 Å². The highest BCUT2D eigenvalue weighted by Gasteiger charge is 2.04. The zero-order chi connectivity index (χ0) is 14.4. The highest BCUT2D eigenvalue weighted by Crippen LogP contribution is 2.11. The number of rotatable bonds is 2. The zero-order valence-corrected chi connectivity index (χ0v) is 12.1. The number of nitrogens with zero attached hydrogens (tertiary/aromatic N) is 1. The van der Waals surface area contributed by atoms with E-state index in [1.807, 2.05) is 13.8 Å². The van der Waals surface area contributed by atoms with Crippen molar-refractivity contribution >= 4 is 23.2 Å². The summed E-state index contributed by atoms with van der Waals surface area (Å²) in [5, 5.41) is 0.724. The van der Waals surface area contributed by atoms with Gasteiger partial charge in [-0.2, -0.15) is 0 Å². The molecule has 4 nitrogen and oxygen atoms in total. The molecule has 0 saturated carbocycles. The molecule has 0 aliphatic heterocycles. The molecule has 0 fully saturated rings. The topological polar surface area (TPSA) is 54.9 Å². The van der Waals surface area contributed by atoms with E-state index >= 15 is 0 Å². The van der Waals surface area contributed by atoms with Crippen molar-refractivity contribution in [1.29, 1.82) is 0 Å². The molecule has 0 unspecified atom stereocenters. The maximum Gasteiger partial charge on any atom is 0.329 e. The smallest absolute Gasteiger partial charge is 0.279 e. The summed E-state index contributed by atoms with van der Waals surface area (Å²) >= 11 is 11.6. The Kier molecular flexibility index (Phi) is 5.86. The van der Waals surface area contributed by atoms with Crippen LogP contribution in [0.15, 0.2) is 39.9 Å². The molecular weight excluding hydrogens is 287 g/mol. The van der Waals surface area contributed by atoms with Gasteiger partial charge >= 0.3 is 5.69 Å². The highest BCUT2D eigenvalue weighted by atomic mass is 35.5. The monoisotopic (exact) mass is 300 g/mol. The Morgan fingerprint density at radius 2 is 1.68 bits per heavy atom. The van der Waals surface area contributed by atoms with Crippen molar-refractivity contribution in [2.75, 3.05) is 0 Å². The number of aromatic amines is 1. The van der Waals surface area contributed by atoms with Crippen molar-refractivity contribution in [3.05, 3.63) is 66.9 Å². The minimum atomic E-state index is -0.530. The third-order valence-corrected chi connectivity index (χ3v) is 2.80. The van der Waals surface area contributed by atoms with E-state index in [1.165, 1.54) is 10.6 Å². The van der Waals surface area contributed by atoms with E-state index in [4.69, 9.17) is 23.2 Å². The molecule has 1 aromatic carbocycles. The normalized spacial score (nSPS) is 9.68. The predicted molar refractivity (Wildman–Crippen MR) is 78.2 cm³/mol. The second-order valence-corrected chi connectivity index (χ2v) is 4.30. The number of hydrogen-bond acceptors (Lipinski definition) is 2. The lowest BCUT2D eigenvalue weighted by molar-refractivity contribution is 0.721. The van der Waals surface area contributed by atoms with Crippen LogP contribution in [0.3, 0.4) is 0 Å². The molecule has 0 aliphatic rings. The van der Waals surface area contributed by atoms with Gasteiger partial charge in [-0.15, -0.1) is 0 Å². The first-order valence-corrected chi connectivity index (χ1v) is 6.56. The summed E-state index contributed by atoms with van der Waals surface area (Å²) < 4.78 is 1.27. The molecule has 2 aromatic rings. The van der Waals surface area contributed by atoms with Gasteiger partial charge in [0.1, 0.15) is 5.15 Å². The molecule has 0 amide bonds. The third-order valence-electron chi connectivity index (χ3n) is 2.24. The van der Waals surface area contributed by atoms with Crippen LogP contribution in [0, 0.1) is 0 Å². The average Bonchev–Trinajstić information content (AvgIpc) is 2.38. The Balaban J connectivity index is 0.000000861. The van der Waals surface area contributed by atoms with Crippen LogP contribution in [0.4, 0.5) is 0 Å². The van der Waals surface area contributed by atoms with Crippen molar-refractivity contribution in [2.24, 2.45) is 0 Å². The molecule has 19 heavy (non-hydrogen) atoms. The number of benzene rings is 1. The molecule has 0 saturated heterocycles. The number of H-pyrrole nitrogens is 1. The van der Waals surface area contributed by atoms with Gasteiger partial charge in [-0.1, -0.05) is 49.2 Å². The molecule has 1 aromatic heterocycles.